The molecule has 0 aromatic heterocycles. The summed E-state index contributed by atoms with van der Waals surface area (Å²) >= 11 is 6.18. The number of anilines is 1. The molecule has 2 aromatic carbocycles. The minimum absolute atomic E-state index is 0.124. The van der Waals surface area contributed by atoms with Crippen molar-refractivity contribution in [3.63, 3.8) is 0 Å². The summed E-state index contributed by atoms with van der Waals surface area (Å²) < 4.78 is 27.2. The molecule has 4 rings (SSSR count). The number of hydrogen-bond donors (Lipinski definition) is 0. The number of fused-ring (bicyclic) bond motifs is 2. The zero-order valence-electron chi connectivity index (χ0n) is 17.8. The molecule has 0 radical (unpaired) electrons. The van der Waals surface area contributed by atoms with Crippen molar-refractivity contribution < 1.29 is 18.5 Å². The van der Waals surface area contributed by atoms with Gasteiger partial charge in [-0.3, -0.25) is 4.79 Å². The summed E-state index contributed by atoms with van der Waals surface area (Å²) in [5.74, 6) is -0.524. The molecule has 4 nitrogen and oxygen atoms in total. The van der Waals surface area contributed by atoms with Crippen LogP contribution in [0.5, 0.6) is 0 Å². The summed E-state index contributed by atoms with van der Waals surface area (Å²) in [6.45, 7) is 9.52. The second-order valence-electron chi connectivity index (χ2n) is 8.80. The van der Waals surface area contributed by atoms with E-state index in [4.69, 9.17) is 20.9 Å². The fraction of sp³-hybridized carbons (Fsp3) is 0.348. The maximum atomic E-state index is 15.1. The Labute approximate surface area is 181 Å². The number of rotatable bonds is 1. The van der Waals surface area contributed by atoms with E-state index in [9.17, 15) is 4.79 Å². The van der Waals surface area contributed by atoms with E-state index in [1.54, 1.807) is 23.1 Å². The van der Waals surface area contributed by atoms with Gasteiger partial charge in [-0.15, -0.1) is 0 Å². The largest absolute Gasteiger partial charge is 0.497 e. The number of nitrogens with zero attached hydrogens (tertiary/aromatic N) is 1. The lowest BCUT2D eigenvalue weighted by molar-refractivity contribution is -0.116. The molecule has 0 spiro atoms. The van der Waals surface area contributed by atoms with E-state index in [-0.39, 0.29) is 12.5 Å². The van der Waals surface area contributed by atoms with Crippen molar-refractivity contribution in [3.8, 4) is 0 Å². The summed E-state index contributed by atoms with van der Waals surface area (Å²) in [6.07, 6.45) is 3.73. The van der Waals surface area contributed by atoms with E-state index in [2.05, 4.69) is 0 Å². The highest BCUT2D eigenvalue weighted by Crippen LogP contribution is 2.37. The third kappa shape index (κ3) is 3.57. The van der Waals surface area contributed by atoms with E-state index < -0.39 is 24.1 Å². The normalized spacial score (nSPS) is 20.2. The summed E-state index contributed by atoms with van der Waals surface area (Å²) in [7, 11) is -0.817. The fourth-order valence-electron chi connectivity index (χ4n) is 3.70. The topological polar surface area (TPSA) is 38.8 Å². The molecule has 30 heavy (non-hydrogen) atoms. The Morgan fingerprint density at radius 2 is 1.70 bits per heavy atom. The number of hydrogen-bond acceptors (Lipinski definition) is 3. The fourth-order valence-corrected chi connectivity index (χ4v) is 3.87. The third-order valence-corrected chi connectivity index (χ3v) is 6.44. The van der Waals surface area contributed by atoms with Gasteiger partial charge in [0.05, 0.1) is 23.4 Å². The van der Waals surface area contributed by atoms with Gasteiger partial charge in [-0.05, 0) is 62.6 Å². The predicted molar refractivity (Wildman–Crippen MR) is 119 cm³/mol. The molecule has 0 atom stereocenters. The molecule has 7 heteroatoms. The van der Waals surface area contributed by atoms with Crippen molar-refractivity contribution in [1.29, 1.82) is 0 Å². The highest BCUT2D eigenvalue weighted by Gasteiger charge is 2.52. The van der Waals surface area contributed by atoms with Gasteiger partial charge in [0.1, 0.15) is 5.82 Å². The lowest BCUT2D eigenvalue weighted by Gasteiger charge is -2.32. The summed E-state index contributed by atoms with van der Waals surface area (Å²) in [6, 6.07) is 8.61. The lowest BCUT2D eigenvalue weighted by atomic mass is 9.77. The van der Waals surface area contributed by atoms with E-state index in [1.165, 1.54) is 13.0 Å². The second-order valence-corrected chi connectivity index (χ2v) is 9.24. The van der Waals surface area contributed by atoms with Crippen LogP contribution in [0.25, 0.3) is 12.2 Å². The van der Waals surface area contributed by atoms with Crippen LogP contribution in [0.1, 0.15) is 51.3 Å². The highest BCUT2D eigenvalue weighted by molar-refractivity contribution is 6.62. The van der Waals surface area contributed by atoms with Crippen molar-refractivity contribution in [1.82, 2.24) is 0 Å². The zero-order valence-corrected chi connectivity index (χ0v) is 18.5. The number of carbonyl (C=O) groups excluding carboxylic acids is 1. The molecule has 0 bridgehead atoms. The molecule has 0 aliphatic carbocycles. The first-order valence-electron chi connectivity index (χ1n) is 9.92. The number of benzene rings is 2. The van der Waals surface area contributed by atoms with Crippen LogP contribution < -0.4 is 10.4 Å². The summed E-state index contributed by atoms with van der Waals surface area (Å²) in [4.78, 5) is 14.1. The average Bonchev–Trinajstić information content (AvgIpc) is 2.85. The molecule has 1 fully saturated rings. The molecule has 2 aliphatic heterocycles. The molecule has 156 valence electrons. The molecule has 0 saturated carbocycles. The van der Waals surface area contributed by atoms with Crippen LogP contribution in [0.4, 0.5) is 10.1 Å². The molecular weight excluding hydrogens is 404 g/mol. The maximum absolute atomic E-state index is 15.1. The first-order chi connectivity index (χ1) is 14.0. The molecule has 0 N–H and O–H groups in total. The van der Waals surface area contributed by atoms with Crippen LogP contribution in [0.2, 0.25) is 5.02 Å². The molecule has 2 aromatic rings. The van der Waals surface area contributed by atoms with Gasteiger partial charge in [0.15, 0.2) is 0 Å². The Bertz CT molecular complexity index is 1050. The number of carbonyl (C=O) groups is 1. The van der Waals surface area contributed by atoms with Crippen LogP contribution in [0, 0.1) is 5.82 Å². The molecule has 0 unspecified atom stereocenters. The first kappa shape index (κ1) is 21.1. The Balaban J connectivity index is 1.80. The Kier molecular flexibility index (Phi) is 5.08. The number of halogens is 2. The SMILES string of the molecule is CC(=O)N1Cc2cc(B3OC(C)(C)C(C)(C)O3)c(F)cc2/C=C\c2ccc(Cl)cc21. The van der Waals surface area contributed by atoms with Gasteiger partial charge in [0.25, 0.3) is 0 Å². The average molecular weight is 428 g/mol. The Morgan fingerprint density at radius 1 is 1.07 bits per heavy atom. The van der Waals surface area contributed by atoms with Crippen molar-refractivity contribution >= 4 is 47.9 Å². The molecule has 2 aliphatic rings. The van der Waals surface area contributed by atoms with Crippen molar-refractivity contribution in [2.75, 3.05) is 4.90 Å². The van der Waals surface area contributed by atoms with E-state index in [0.717, 1.165) is 16.8 Å². The summed E-state index contributed by atoms with van der Waals surface area (Å²) in [5, 5.41) is 0.547. The quantitative estimate of drug-likeness (QED) is 0.613. The standard InChI is InChI=1S/C23H24BClFNO3/c1-14(28)27-13-17-10-19(24-29-22(2,3)23(4,5)30-24)20(26)11-16(17)7-6-15-8-9-18(25)12-21(15)27/h6-12H,13H2,1-5H3/b7-6-. The van der Waals surface area contributed by atoms with Crippen LogP contribution >= 0.6 is 11.6 Å². The monoisotopic (exact) mass is 427 g/mol. The van der Waals surface area contributed by atoms with Gasteiger partial charge in [-0.1, -0.05) is 35.9 Å². The van der Waals surface area contributed by atoms with E-state index in [0.29, 0.717) is 16.0 Å². The van der Waals surface area contributed by atoms with Crippen molar-refractivity contribution in [2.45, 2.75) is 52.4 Å². The van der Waals surface area contributed by atoms with E-state index in [1.807, 2.05) is 45.9 Å². The maximum Gasteiger partial charge on any atom is 0.497 e. The molecule has 1 saturated heterocycles. The Morgan fingerprint density at radius 3 is 2.33 bits per heavy atom. The van der Waals surface area contributed by atoms with Gasteiger partial charge in [-0.2, -0.15) is 0 Å². The second kappa shape index (κ2) is 7.22. The van der Waals surface area contributed by atoms with Crippen molar-refractivity contribution in [2.24, 2.45) is 0 Å². The van der Waals surface area contributed by atoms with Gasteiger partial charge in [0.2, 0.25) is 5.91 Å². The Hall–Kier alpha value is -2.15. The van der Waals surface area contributed by atoms with Crippen LogP contribution in [-0.2, 0) is 20.6 Å². The van der Waals surface area contributed by atoms with Gasteiger partial charge in [-0.25, -0.2) is 4.39 Å². The van der Waals surface area contributed by atoms with E-state index >= 15 is 4.39 Å². The predicted octanol–water partition coefficient (Wildman–Crippen LogP) is 4.82. The molecule has 2 heterocycles. The highest BCUT2D eigenvalue weighted by atomic mass is 35.5. The molecular formula is C23H24BClFNO3. The minimum Gasteiger partial charge on any atom is -0.399 e. The van der Waals surface area contributed by atoms with Crippen LogP contribution in [-0.4, -0.2) is 24.2 Å². The third-order valence-electron chi connectivity index (χ3n) is 6.20. The van der Waals surface area contributed by atoms with Gasteiger partial charge in [0, 0.05) is 17.4 Å². The summed E-state index contributed by atoms with van der Waals surface area (Å²) in [5.41, 5.74) is 2.26. The van der Waals surface area contributed by atoms with Crippen molar-refractivity contribution in [3.05, 3.63) is 57.9 Å². The van der Waals surface area contributed by atoms with Crippen LogP contribution in [0.3, 0.4) is 0 Å². The van der Waals surface area contributed by atoms with Crippen LogP contribution in [0.15, 0.2) is 30.3 Å². The minimum atomic E-state index is -0.817. The lowest BCUT2D eigenvalue weighted by Crippen LogP contribution is -2.41. The van der Waals surface area contributed by atoms with Gasteiger partial charge >= 0.3 is 7.12 Å². The zero-order chi connectivity index (χ0) is 21.8. The number of amides is 1. The van der Waals surface area contributed by atoms with Gasteiger partial charge < -0.3 is 14.2 Å². The molecule has 1 amide bonds. The smallest absolute Gasteiger partial charge is 0.399 e. The first-order valence-corrected chi connectivity index (χ1v) is 10.3.